The summed E-state index contributed by atoms with van der Waals surface area (Å²) in [6.07, 6.45) is 12.7. The molecule has 4 atom stereocenters. The van der Waals surface area contributed by atoms with E-state index >= 15 is 0 Å². The first-order valence-electron chi connectivity index (χ1n) is 16.3. The summed E-state index contributed by atoms with van der Waals surface area (Å²) in [6.45, 7) is 13.9. The molecule has 0 unspecified atom stereocenters. The molecule has 1 amide bonds. The van der Waals surface area contributed by atoms with Gasteiger partial charge in [-0.05, 0) is 57.4 Å². The highest BCUT2D eigenvalue weighted by Crippen LogP contribution is 2.47. The van der Waals surface area contributed by atoms with E-state index in [4.69, 9.17) is 19.3 Å². The molecule has 5 bridgehead atoms. The number of fused-ring (bicyclic) bond motifs is 14. The Hall–Kier alpha value is -4.51. The van der Waals surface area contributed by atoms with Crippen molar-refractivity contribution in [1.29, 1.82) is 0 Å². The second-order valence-corrected chi connectivity index (χ2v) is 11.8. The Labute approximate surface area is 282 Å². The maximum Gasteiger partial charge on any atom is 0.312 e. The van der Waals surface area contributed by atoms with E-state index in [1.54, 1.807) is 25.2 Å². The normalized spacial score (nSPS) is 26.8. The van der Waals surface area contributed by atoms with Gasteiger partial charge in [0.15, 0.2) is 5.78 Å². The SMILES string of the molecule is CC.CC(=O)O[C@@H]1CC/C=C/O[C@@]2(C)Oc3c(C)c(O)c4c(c3C2=O)C(=O)C=C(NC(=O)/C(C)=C\C=C\[C@H](C)CCC[C@H]1C)C4=O.CO. The summed E-state index contributed by atoms with van der Waals surface area (Å²) in [5, 5.41) is 20.5. The number of phenolic OH excluding ortho intramolecular Hbond substituents is 1. The number of nitrogens with one attached hydrogen (secondary N) is 1. The van der Waals surface area contributed by atoms with Crippen molar-refractivity contribution in [3.63, 3.8) is 0 Å². The van der Waals surface area contributed by atoms with Crippen LogP contribution in [0.15, 0.2) is 47.9 Å². The number of carbonyl (C=O) groups is 5. The van der Waals surface area contributed by atoms with Gasteiger partial charge in [-0.15, -0.1) is 0 Å². The van der Waals surface area contributed by atoms with Gasteiger partial charge in [-0.3, -0.25) is 24.0 Å². The van der Waals surface area contributed by atoms with Crippen LogP contribution < -0.4 is 10.1 Å². The van der Waals surface area contributed by atoms with Gasteiger partial charge in [0.25, 0.3) is 11.7 Å². The van der Waals surface area contributed by atoms with E-state index in [1.807, 2.05) is 19.9 Å². The summed E-state index contributed by atoms with van der Waals surface area (Å²) >= 11 is 0. The van der Waals surface area contributed by atoms with E-state index in [-0.39, 0.29) is 57.6 Å². The van der Waals surface area contributed by atoms with Gasteiger partial charge in [-0.2, -0.15) is 0 Å². The van der Waals surface area contributed by atoms with Crippen molar-refractivity contribution < 1.29 is 48.4 Å². The molecule has 3 aliphatic heterocycles. The Bertz CT molecular complexity index is 1530. The van der Waals surface area contributed by atoms with E-state index < -0.39 is 34.8 Å². The zero-order valence-electron chi connectivity index (χ0n) is 29.4. The number of aromatic hydroxyl groups is 1. The Morgan fingerprint density at radius 1 is 1.02 bits per heavy atom. The molecule has 11 nitrogen and oxygen atoms in total. The number of benzene rings is 1. The predicted molar refractivity (Wildman–Crippen MR) is 181 cm³/mol. The first-order valence-corrected chi connectivity index (χ1v) is 16.3. The number of rotatable bonds is 1. The number of aliphatic hydroxyl groups excluding tert-OH is 1. The van der Waals surface area contributed by atoms with Crippen LogP contribution in [0.3, 0.4) is 0 Å². The number of ether oxygens (including phenoxy) is 3. The van der Waals surface area contributed by atoms with Gasteiger partial charge in [-0.1, -0.05) is 52.3 Å². The molecule has 1 aromatic rings. The molecule has 1 aromatic carbocycles. The lowest BCUT2D eigenvalue weighted by Gasteiger charge is -2.24. The highest BCUT2D eigenvalue weighted by atomic mass is 16.7. The molecule has 262 valence electrons. The Kier molecular flexibility index (Phi) is 14.5. The first-order chi connectivity index (χ1) is 22.7. The van der Waals surface area contributed by atoms with Crippen LogP contribution in [0.5, 0.6) is 11.5 Å². The number of carbonyl (C=O) groups excluding carboxylic acids is 5. The summed E-state index contributed by atoms with van der Waals surface area (Å²) in [4.78, 5) is 65.2. The average Bonchev–Trinajstić information content (AvgIpc) is 3.31. The Balaban J connectivity index is 0.00000193. The lowest BCUT2D eigenvalue weighted by molar-refractivity contribution is -0.149. The van der Waals surface area contributed by atoms with Crippen LogP contribution in [0.4, 0.5) is 0 Å². The summed E-state index contributed by atoms with van der Waals surface area (Å²) in [5.41, 5.74) is -0.779. The number of ketones is 3. The van der Waals surface area contributed by atoms with E-state index in [1.165, 1.54) is 27.0 Å². The topological polar surface area (TPSA) is 166 Å². The number of phenols is 1. The van der Waals surface area contributed by atoms with Gasteiger partial charge in [0.2, 0.25) is 5.78 Å². The minimum absolute atomic E-state index is 0.0572. The van der Waals surface area contributed by atoms with Crippen LogP contribution in [-0.4, -0.2) is 58.4 Å². The molecule has 3 heterocycles. The quantitative estimate of drug-likeness (QED) is 0.293. The molecule has 11 heteroatoms. The molecule has 0 radical (unpaired) electrons. The third kappa shape index (κ3) is 8.89. The molecule has 0 saturated heterocycles. The van der Waals surface area contributed by atoms with Crippen LogP contribution in [0, 0.1) is 18.8 Å². The number of Topliss-reactive ketones (excluding diaryl/α,β-unsaturated/α-hetero) is 2. The largest absolute Gasteiger partial charge is 0.507 e. The monoisotopic (exact) mass is 667 g/mol. The van der Waals surface area contributed by atoms with Gasteiger partial charge >= 0.3 is 11.8 Å². The Morgan fingerprint density at radius 2 is 1.69 bits per heavy atom. The smallest absolute Gasteiger partial charge is 0.312 e. The maximum atomic E-state index is 13.6. The highest BCUT2D eigenvalue weighted by molar-refractivity contribution is 6.30. The molecule has 1 aliphatic carbocycles. The molecule has 4 aliphatic rings. The van der Waals surface area contributed by atoms with Crippen molar-refractivity contribution >= 4 is 29.2 Å². The van der Waals surface area contributed by atoms with Crippen molar-refractivity contribution in [3.8, 4) is 11.5 Å². The number of allylic oxidation sites excluding steroid dienone is 6. The van der Waals surface area contributed by atoms with E-state index in [0.29, 0.717) is 18.4 Å². The van der Waals surface area contributed by atoms with Crippen LogP contribution in [-0.2, 0) is 19.1 Å². The minimum Gasteiger partial charge on any atom is -0.507 e. The zero-order valence-corrected chi connectivity index (χ0v) is 29.4. The molecule has 5 rings (SSSR count). The highest BCUT2D eigenvalue weighted by Gasteiger charge is 2.51. The fourth-order valence-electron chi connectivity index (χ4n) is 5.60. The summed E-state index contributed by atoms with van der Waals surface area (Å²) in [7, 11) is 1.00. The van der Waals surface area contributed by atoms with Gasteiger partial charge in [0, 0.05) is 38.2 Å². The summed E-state index contributed by atoms with van der Waals surface area (Å²) < 4.78 is 17.2. The van der Waals surface area contributed by atoms with Gasteiger partial charge in [0.05, 0.1) is 28.6 Å². The summed E-state index contributed by atoms with van der Waals surface area (Å²) in [5.74, 6) is -5.30. The van der Waals surface area contributed by atoms with Crippen LogP contribution in [0.1, 0.15) is 117 Å². The van der Waals surface area contributed by atoms with Crippen LogP contribution in [0.25, 0.3) is 0 Å². The predicted octanol–water partition coefficient (Wildman–Crippen LogP) is 6.21. The lowest BCUT2D eigenvalue weighted by atomic mass is 9.84. The standard InChI is InChI=1S/C34H39NO9.C2H6.CH4O/c1-18-11-9-13-19(2)25(43-22(5)36)15-7-8-16-42-34(6)32(40)28-26-24(37)17-23(35-33(41)20(3)14-10-12-18)30(39)27(26)29(38)21(4)31(28)44-34;2*1-2/h8,10,12,14,16-19,25,38H,7,9,11,13,15H2,1-6H3,(H,35,41);1-2H3;2H,1H3/b12-10+,16-8+,20-14-;;/t18-,19-,25-,34+;;/m1../s1. The fraction of sp³-hybridized carbons (Fsp3) is 0.486. The van der Waals surface area contributed by atoms with E-state index in [2.05, 4.69) is 19.2 Å². The number of aliphatic hydroxyl groups is 1. The molecule has 0 saturated carbocycles. The van der Waals surface area contributed by atoms with Crippen molar-refractivity contribution in [2.45, 2.75) is 99.4 Å². The molecule has 3 N–H and O–H groups in total. The fourth-order valence-corrected chi connectivity index (χ4v) is 5.60. The molecule has 0 fully saturated rings. The second-order valence-electron chi connectivity index (χ2n) is 11.8. The second kappa shape index (κ2) is 17.6. The number of hydrogen-bond acceptors (Lipinski definition) is 10. The van der Waals surface area contributed by atoms with Crippen molar-refractivity contribution in [3.05, 3.63) is 70.2 Å². The van der Waals surface area contributed by atoms with Gasteiger partial charge in [0.1, 0.15) is 17.6 Å². The van der Waals surface area contributed by atoms with Crippen molar-refractivity contribution in [1.82, 2.24) is 5.32 Å². The first kappa shape index (κ1) is 39.7. The molecule has 0 aromatic heterocycles. The van der Waals surface area contributed by atoms with Crippen LogP contribution >= 0.6 is 0 Å². The number of esters is 1. The Morgan fingerprint density at radius 3 is 2.33 bits per heavy atom. The minimum atomic E-state index is -1.87. The molecular weight excluding hydrogens is 618 g/mol. The molecular formula is C37H49NO10. The van der Waals surface area contributed by atoms with E-state index in [0.717, 1.165) is 32.4 Å². The van der Waals surface area contributed by atoms with Crippen LogP contribution in [0.2, 0.25) is 0 Å². The molecule has 48 heavy (non-hydrogen) atoms. The number of hydrogen-bond donors (Lipinski definition) is 3. The van der Waals surface area contributed by atoms with Crippen molar-refractivity contribution in [2.24, 2.45) is 11.8 Å². The summed E-state index contributed by atoms with van der Waals surface area (Å²) in [6, 6.07) is 0. The lowest BCUT2D eigenvalue weighted by Crippen LogP contribution is -2.38. The third-order valence-corrected chi connectivity index (χ3v) is 8.26. The van der Waals surface area contributed by atoms with Crippen molar-refractivity contribution in [2.75, 3.05) is 7.11 Å². The third-order valence-electron chi connectivity index (χ3n) is 8.26. The zero-order chi connectivity index (χ0) is 36.3. The van der Waals surface area contributed by atoms with E-state index in [9.17, 15) is 29.1 Å². The number of amides is 1. The van der Waals surface area contributed by atoms with Gasteiger partial charge < -0.3 is 29.7 Å². The average molecular weight is 668 g/mol. The molecule has 0 spiro atoms. The maximum absolute atomic E-state index is 13.6. The van der Waals surface area contributed by atoms with Gasteiger partial charge in [-0.25, -0.2) is 0 Å².